The molecule has 1 aromatic carbocycles. The minimum absolute atomic E-state index is 0.0187. The molecule has 0 radical (unpaired) electrons. The van der Waals surface area contributed by atoms with Gasteiger partial charge in [0.15, 0.2) is 0 Å². The Hall–Kier alpha value is -1.55. The second-order valence-electron chi connectivity index (χ2n) is 5.03. The maximum atomic E-state index is 11.5. The van der Waals surface area contributed by atoms with Gasteiger partial charge in [-0.1, -0.05) is 18.2 Å². The van der Waals surface area contributed by atoms with Gasteiger partial charge >= 0.3 is 0 Å². The highest BCUT2D eigenvalue weighted by Gasteiger charge is 2.11. The molecule has 0 atom stereocenters. The third-order valence-corrected chi connectivity index (χ3v) is 2.30. The van der Waals surface area contributed by atoms with Crippen LogP contribution < -0.4 is 15.8 Å². The lowest BCUT2D eigenvalue weighted by atomic mass is 10.1. The van der Waals surface area contributed by atoms with Crippen LogP contribution in [0.2, 0.25) is 0 Å². The molecule has 0 unspecified atom stereocenters. The van der Waals surface area contributed by atoms with Crippen molar-refractivity contribution in [3.8, 4) is 5.75 Å². The Bertz CT molecular complexity index is 358. The van der Waals surface area contributed by atoms with Crippen molar-refractivity contribution in [3.63, 3.8) is 0 Å². The molecule has 4 heteroatoms. The van der Waals surface area contributed by atoms with E-state index in [1.165, 1.54) is 0 Å². The molecule has 100 valence electrons. The van der Waals surface area contributed by atoms with Crippen molar-refractivity contribution in [3.05, 3.63) is 30.3 Å². The van der Waals surface area contributed by atoms with E-state index < -0.39 is 0 Å². The first-order valence-electron chi connectivity index (χ1n) is 6.21. The Balaban J connectivity index is 2.09. The van der Waals surface area contributed by atoms with E-state index in [4.69, 9.17) is 10.5 Å². The van der Waals surface area contributed by atoms with Crippen LogP contribution in [0.1, 0.15) is 26.7 Å². The second kappa shape index (κ2) is 7.01. The van der Waals surface area contributed by atoms with Gasteiger partial charge in [0.25, 0.3) is 0 Å². The van der Waals surface area contributed by atoms with Gasteiger partial charge in [0.05, 0.1) is 6.61 Å². The van der Waals surface area contributed by atoms with Crippen molar-refractivity contribution in [2.24, 2.45) is 5.73 Å². The Morgan fingerprint density at radius 3 is 2.61 bits per heavy atom. The maximum Gasteiger partial charge on any atom is 0.220 e. The highest BCUT2D eigenvalue weighted by atomic mass is 16.5. The first kappa shape index (κ1) is 14.5. The van der Waals surface area contributed by atoms with Crippen LogP contribution in [-0.2, 0) is 4.79 Å². The second-order valence-corrected chi connectivity index (χ2v) is 5.03. The Morgan fingerprint density at radius 1 is 1.33 bits per heavy atom. The van der Waals surface area contributed by atoms with Crippen molar-refractivity contribution in [1.29, 1.82) is 0 Å². The largest absolute Gasteiger partial charge is 0.494 e. The van der Waals surface area contributed by atoms with Gasteiger partial charge in [-0.2, -0.15) is 0 Å². The lowest BCUT2D eigenvalue weighted by Gasteiger charge is -2.18. The van der Waals surface area contributed by atoms with Crippen molar-refractivity contribution in [2.45, 2.75) is 32.2 Å². The highest BCUT2D eigenvalue weighted by Crippen LogP contribution is 2.08. The molecule has 0 aliphatic rings. The van der Waals surface area contributed by atoms with Crippen molar-refractivity contribution >= 4 is 5.91 Å². The zero-order valence-corrected chi connectivity index (χ0v) is 11.1. The van der Waals surface area contributed by atoms with E-state index in [-0.39, 0.29) is 11.4 Å². The Labute approximate surface area is 109 Å². The molecular weight excluding hydrogens is 228 g/mol. The molecule has 0 aromatic heterocycles. The lowest BCUT2D eigenvalue weighted by Crippen LogP contribution is -2.45. The maximum absolute atomic E-state index is 11.5. The van der Waals surface area contributed by atoms with Gasteiger partial charge in [-0.05, 0) is 32.4 Å². The van der Waals surface area contributed by atoms with Crippen LogP contribution in [0.5, 0.6) is 5.75 Å². The number of benzene rings is 1. The molecule has 0 spiro atoms. The van der Waals surface area contributed by atoms with E-state index in [0.717, 1.165) is 5.75 Å². The van der Waals surface area contributed by atoms with E-state index in [9.17, 15) is 4.79 Å². The number of carbonyl (C=O) groups excluding carboxylic acids is 1. The Morgan fingerprint density at radius 2 is 2.00 bits per heavy atom. The van der Waals surface area contributed by atoms with Crippen LogP contribution in [-0.4, -0.2) is 24.6 Å². The molecule has 0 saturated carbocycles. The van der Waals surface area contributed by atoms with Gasteiger partial charge in [-0.3, -0.25) is 4.79 Å². The van der Waals surface area contributed by atoms with Gasteiger partial charge in [-0.15, -0.1) is 0 Å². The molecule has 18 heavy (non-hydrogen) atoms. The first-order valence-corrected chi connectivity index (χ1v) is 6.21. The summed E-state index contributed by atoms with van der Waals surface area (Å²) < 4.78 is 5.50. The van der Waals surface area contributed by atoms with E-state index >= 15 is 0 Å². The van der Waals surface area contributed by atoms with Crippen LogP contribution in [0, 0.1) is 0 Å². The molecule has 0 fully saturated rings. The van der Waals surface area contributed by atoms with E-state index in [2.05, 4.69) is 5.32 Å². The zero-order chi connectivity index (χ0) is 13.4. The number of rotatable bonds is 7. The fourth-order valence-corrected chi connectivity index (χ4v) is 1.35. The molecule has 1 aromatic rings. The van der Waals surface area contributed by atoms with E-state index in [1.807, 2.05) is 44.2 Å². The lowest BCUT2D eigenvalue weighted by molar-refractivity contribution is -0.121. The zero-order valence-electron chi connectivity index (χ0n) is 11.1. The molecule has 0 heterocycles. The van der Waals surface area contributed by atoms with Crippen LogP contribution in [0.25, 0.3) is 0 Å². The topological polar surface area (TPSA) is 64.3 Å². The van der Waals surface area contributed by atoms with Crippen molar-refractivity contribution < 1.29 is 9.53 Å². The smallest absolute Gasteiger partial charge is 0.220 e. The highest BCUT2D eigenvalue weighted by molar-refractivity contribution is 5.75. The van der Waals surface area contributed by atoms with Crippen LogP contribution in [0.3, 0.4) is 0 Å². The van der Waals surface area contributed by atoms with Gasteiger partial charge in [0.1, 0.15) is 5.75 Å². The van der Waals surface area contributed by atoms with E-state index in [1.54, 1.807) is 0 Å². The van der Waals surface area contributed by atoms with Gasteiger partial charge in [0.2, 0.25) is 5.91 Å². The van der Waals surface area contributed by atoms with Crippen LogP contribution in [0.15, 0.2) is 30.3 Å². The number of carbonyl (C=O) groups is 1. The molecule has 0 aliphatic carbocycles. The number of hydrogen-bond acceptors (Lipinski definition) is 3. The summed E-state index contributed by atoms with van der Waals surface area (Å²) in [7, 11) is 0. The summed E-state index contributed by atoms with van der Waals surface area (Å²) in [4.78, 5) is 11.5. The number of ether oxygens (including phenoxy) is 1. The molecular formula is C14H22N2O2. The number of nitrogens with one attached hydrogen (secondary N) is 1. The summed E-state index contributed by atoms with van der Waals surface area (Å²) >= 11 is 0. The van der Waals surface area contributed by atoms with E-state index in [0.29, 0.717) is 26.0 Å². The fraction of sp³-hybridized carbons (Fsp3) is 0.500. The summed E-state index contributed by atoms with van der Waals surface area (Å²) in [5.41, 5.74) is 5.41. The third kappa shape index (κ3) is 6.91. The predicted molar refractivity (Wildman–Crippen MR) is 72.4 cm³/mol. The molecule has 4 nitrogen and oxygen atoms in total. The summed E-state index contributed by atoms with van der Waals surface area (Å²) in [6, 6.07) is 9.58. The van der Waals surface area contributed by atoms with Crippen molar-refractivity contribution in [2.75, 3.05) is 13.2 Å². The van der Waals surface area contributed by atoms with Gasteiger partial charge in [-0.25, -0.2) is 0 Å². The number of hydrogen-bond donors (Lipinski definition) is 2. The predicted octanol–water partition coefficient (Wildman–Crippen LogP) is 1.70. The normalized spacial score (nSPS) is 11.1. The first-order chi connectivity index (χ1) is 8.47. The number of nitrogens with two attached hydrogens (primary N) is 1. The molecule has 3 N–H and O–H groups in total. The van der Waals surface area contributed by atoms with Crippen molar-refractivity contribution in [1.82, 2.24) is 5.32 Å². The molecule has 0 aliphatic heterocycles. The van der Waals surface area contributed by atoms with Gasteiger partial charge in [0, 0.05) is 18.5 Å². The molecule has 0 saturated heterocycles. The minimum atomic E-state index is -0.365. The Kier molecular flexibility index (Phi) is 5.65. The van der Waals surface area contributed by atoms with Crippen LogP contribution >= 0.6 is 0 Å². The summed E-state index contributed by atoms with van der Waals surface area (Å²) in [5, 5.41) is 2.80. The van der Waals surface area contributed by atoms with Crippen LogP contribution in [0.4, 0.5) is 0 Å². The summed E-state index contributed by atoms with van der Waals surface area (Å²) in [5.74, 6) is 0.853. The number of amides is 1. The summed E-state index contributed by atoms with van der Waals surface area (Å²) in [6.45, 7) is 4.80. The molecule has 0 bridgehead atoms. The fourth-order valence-electron chi connectivity index (χ4n) is 1.35. The quantitative estimate of drug-likeness (QED) is 0.724. The molecule has 1 rings (SSSR count). The van der Waals surface area contributed by atoms with Gasteiger partial charge < -0.3 is 15.8 Å². The summed E-state index contributed by atoms with van der Waals surface area (Å²) in [6.07, 6.45) is 1.16. The minimum Gasteiger partial charge on any atom is -0.494 e. The average molecular weight is 250 g/mol. The third-order valence-electron chi connectivity index (χ3n) is 2.30. The average Bonchev–Trinajstić information content (AvgIpc) is 2.33. The molecule has 1 amide bonds. The SMILES string of the molecule is CC(C)(N)CNC(=O)CCCOc1ccccc1. The monoisotopic (exact) mass is 250 g/mol. The number of para-hydroxylation sites is 1. The standard InChI is InChI=1S/C14H22N2O2/c1-14(2,15)11-16-13(17)9-6-10-18-12-7-4-3-5-8-12/h3-5,7-8H,6,9-11,15H2,1-2H3,(H,16,17).